The van der Waals surface area contributed by atoms with Crippen LogP contribution in [0.4, 0.5) is 0 Å². The van der Waals surface area contributed by atoms with Crippen LogP contribution in [0.15, 0.2) is 66.7 Å². The van der Waals surface area contributed by atoms with Crippen LogP contribution in [0.25, 0.3) is 22.4 Å². The molecule has 0 bridgehead atoms. The number of hydrogen-bond acceptors (Lipinski definition) is 0. The Morgan fingerprint density at radius 1 is 0.850 bits per heavy atom. The molecule has 0 aliphatic carbocycles. The summed E-state index contributed by atoms with van der Waals surface area (Å²) in [6.45, 7) is 2.17. The number of benzene rings is 3. The van der Waals surface area contributed by atoms with Gasteiger partial charge in [0.2, 0.25) is 0 Å². The third-order valence-electron chi connectivity index (χ3n) is 3.48. The van der Waals surface area contributed by atoms with Gasteiger partial charge in [-0.25, -0.2) is 0 Å². The van der Waals surface area contributed by atoms with Gasteiger partial charge in [0.15, 0.2) is 0 Å². The van der Waals surface area contributed by atoms with Crippen LogP contribution < -0.4 is 0 Å². The second-order valence-corrected chi connectivity index (χ2v) is 6.07. The Kier molecular flexibility index (Phi) is 3.88. The molecule has 0 saturated heterocycles. The Balaban J connectivity index is 2.04. The van der Waals surface area contributed by atoms with Crippen molar-refractivity contribution < 1.29 is 0 Å². The third-order valence-corrected chi connectivity index (χ3v) is 4.46. The molecule has 0 aliphatic rings. The first-order chi connectivity index (χ1) is 9.74. The molecule has 0 heterocycles. The highest BCUT2D eigenvalue weighted by Crippen LogP contribution is 2.24. The van der Waals surface area contributed by atoms with E-state index in [1.54, 1.807) is 0 Å². The molecule has 0 aromatic heterocycles. The molecule has 0 fully saturated rings. The Morgan fingerprint density at radius 2 is 1.55 bits per heavy atom. The molecule has 3 aromatic rings. The van der Waals surface area contributed by atoms with Crippen molar-refractivity contribution in [2.75, 3.05) is 0 Å². The van der Waals surface area contributed by atoms with Crippen molar-refractivity contribution in [2.24, 2.45) is 0 Å². The molecule has 0 spiro atoms. The van der Waals surface area contributed by atoms with Crippen molar-refractivity contribution in [2.45, 2.75) is 6.92 Å². The minimum atomic E-state index is 1.28. The van der Waals surface area contributed by atoms with Crippen molar-refractivity contribution in [1.82, 2.24) is 0 Å². The van der Waals surface area contributed by atoms with Crippen molar-refractivity contribution in [3.8, 4) is 0 Å². The minimum Gasteiger partial charge on any atom is -0.0616 e. The van der Waals surface area contributed by atoms with Gasteiger partial charge in [-0.3, -0.25) is 0 Å². The summed E-state index contributed by atoms with van der Waals surface area (Å²) in [5.41, 5.74) is 3.85. The van der Waals surface area contributed by atoms with Crippen LogP contribution in [0.2, 0.25) is 0 Å². The molecule has 3 rings (SSSR count). The van der Waals surface area contributed by atoms with Crippen molar-refractivity contribution in [1.29, 1.82) is 0 Å². The lowest BCUT2D eigenvalue weighted by atomic mass is 10.0. The van der Waals surface area contributed by atoms with Crippen LogP contribution in [0, 0.1) is 3.57 Å². The Hall–Kier alpha value is -1.61. The first-order valence-electron chi connectivity index (χ1n) is 6.66. The molecular weight excluding hydrogens is 355 g/mol. The molecule has 0 radical (unpaired) electrons. The molecule has 0 N–H and O–H groups in total. The normalized spacial score (nSPS) is 11.8. The third kappa shape index (κ3) is 2.78. The summed E-state index contributed by atoms with van der Waals surface area (Å²) in [5, 5.41) is 2.58. The summed E-state index contributed by atoms with van der Waals surface area (Å²) in [7, 11) is 0. The van der Waals surface area contributed by atoms with Gasteiger partial charge in [0.25, 0.3) is 0 Å². The van der Waals surface area contributed by atoms with Crippen LogP contribution in [0.5, 0.6) is 0 Å². The lowest BCUT2D eigenvalue weighted by Gasteiger charge is -2.05. The first kappa shape index (κ1) is 13.4. The Bertz CT molecular complexity index is 784. The molecule has 0 amide bonds. The highest BCUT2D eigenvalue weighted by molar-refractivity contribution is 14.1. The molecule has 0 atom stereocenters. The monoisotopic (exact) mass is 370 g/mol. The van der Waals surface area contributed by atoms with Gasteiger partial charge >= 0.3 is 0 Å². The molecule has 0 nitrogen and oxygen atoms in total. The highest BCUT2D eigenvalue weighted by Gasteiger charge is 2.00. The predicted molar refractivity (Wildman–Crippen MR) is 96.7 cm³/mol. The molecule has 98 valence electrons. The van der Waals surface area contributed by atoms with E-state index in [-0.39, 0.29) is 0 Å². The van der Waals surface area contributed by atoms with E-state index in [1.807, 2.05) is 0 Å². The topological polar surface area (TPSA) is 0 Å². The Labute approximate surface area is 133 Å². The number of fused-ring (bicyclic) bond motifs is 1. The number of rotatable bonds is 2. The van der Waals surface area contributed by atoms with E-state index in [2.05, 4.69) is 102 Å². The summed E-state index contributed by atoms with van der Waals surface area (Å²) in [4.78, 5) is 0. The van der Waals surface area contributed by atoms with E-state index in [1.165, 1.54) is 31.0 Å². The van der Waals surface area contributed by atoms with Crippen LogP contribution in [0.3, 0.4) is 0 Å². The smallest absolute Gasteiger partial charge is 0.0202 e. The maximum Gasteiger partial charge on any atom is 0.0202 e. The average molecular weight is 370 g/mol. The van der Waals surface area contributed by atoms with Gasteiger partial charge in [-0.1, -0.05) is 60.7 Å². The van der Waals surface area contributed by atoms with Gasteiger partial charge in [-0.05, 0) is 69.1 Å². The summed E-state index contributed by atoms with van der Waals surface area (Å²) < 4.78 is 1.28. The number of hydrogen-bond donors (Lipinski definition) is 0. The zero-order valence-electron chi connectivity index (χ0n) is 11.3. The maximum atomic E-state index is 2.38. The van der Waals surface area contributed by atoms with E-state index < -0.39 is 0 Å². The average Bonchev–Trinajstić information content (AvgIpc) is 2.49. The zero-order chi connectivity index (χ0) is 13.9. The van der Waals surface area contributed by atoms with Gasteiger partial charge in [0.05, 0.1) is 0 Å². The largest absolute Gasteiger partial charge is 0.0616 e. The van der Waals surface area contributed by atoms with E-state index in [0.29, 0.717) is 0 Å². The van der Waals surface area contributed by atoms with E-state index in [4.69, 9.17) is 0 Å². The van der Waals surface area contributed by atoms with Gasteiger partial charge in [0.1, 0.15) is 0 Å². The fraction of sp³-hybridized carbons (Fsp3) is 0.0526. The summed E-state index contributed by atoms with van der Waals surface area (Å²) in [6, 6.07) is 23.6. The predicted octanol–water partition coefficient (Wildman–Crippen LogP) is 6.00. The van der Waals surface area contributed by atoms with Gasteiger partial charge in [-0.15, -0.1) is 0 Å². The van der Waals surface area contributed by atoms with Crippen LogP contribution in [0.1, 0.15) is 18.1 Å². The minimum absolute atomic E-state index is 1.28. The number of allylic oxidation sites excluding steroid dienone is 1. The lowest BCUT2D eigenvalue weighted by Crippen LogP contribution is -1.83. The van der Waals surface area contributed by atoms with Gasteiger partial charge in [-0.2, -0.15) is 0 Å². The highest BCUT2D eigenvalue weighted by atomic mass is 127. The molecule has 1 heteroatoms. The molecule has 0 aliphatic heterocycles. The first-order valence-corrected chi connectivity index (χ1v) is 7.74. The van der Waals surface area contributed by atoms with Gasteiger partial charge in [0, 0.05) is 3.57 Å². The summed E-state index contributed by atoms with van der Waals surface area (Å²) >= 11 is 2.38. The number of halogens is 1. The molecule has 3 aromatic carbocycles. The standard InChI is InChI=1S/C19H15I/c1-14(12-18-8-4-5-9-19(18)20)16-11-10-15-6-2-3-7-17(15)13-16/h2-13H,1H3. The van der Waals surface area contributed by atoms with Crippen molar-refractivity contribution in [3.05, 3.63) is 81.4 Å². The summed E-state index contributed by atoms with van der Waals surface area (Å²) in [5.74, 6) is 0. The molecule has 0 saturated carbocycles. The fourth-order valence-electron chi connectivity index (χ4n) is 2.34. The molecule has 0 unspecified atom stereocenters. The van der Waals surface area contributed by atoms with Crippen molar-refractivity contribution in [3.63, 3.8) is 0 Å². The van der Waals surface area contributed by atoms with Crippen LogP contribution >= 0.6 is 22.6 Å². The summed E-state index contributed by atoms with van der Waals surface area (Å²) in [6.07, 6.45) is 2.26. The Morgan fingerprint density at radius 3 is 2.35 bits per heavy atom. The van der Waals surface area contributed by atoms with Gasteiger partial charge < -0.3 is 0 Å². The molecular formula is C19H15I. The van der Waals surface area contributed by atoms with Crippen LogP contribution in [-0.2, 0) is 0 Å². The van der Waals surface area contributed by atoms with E-state index >= 15 is 0 Å². The maximum absolute atomic E-state index is 2.38. The quantitative estimate of drug-likeness (QED) is 0.383. The van der Waals surface area contributed by atoms with E-state index in [9.17, 15) is 0 Å². The second kappa shape index (κ2) is 5.80. The zero-order valence-corrected chi connectivity index (χ0v) is 13.5. The molecule has 20 heavy (non-hydrogen) atoms. The van der Waals surface area contributed by atoms with Crippen molar-refractivity contribution >= 4 is 45.0 Å². The van der Waals surface area contributed by atoms with Crippen LogP contribution in [-0.4, -0.2) is 0 Å². The van der Waals surface area contributed by atoms with E-state index in [0.717, 1.165) is 0 Å². The SMILES string of the molecule is CC(=Cc1ccccc1I)c1ccc2ccccc2c1. The fourth-order valence-corrected chi connectivity index (χ4v) is 2.89. The lowest BCUT2D eigenvalue weighted by molar-refractivity contribution is 1.57. The second-order valence-electron chi connectivity index (χ2n) is 4.91.